The van der Waals surface area contributed by atoms with E-state index in [1.807, 2.05) is 0 Å². The minimum absolute atomic E-state index is 0.0513. The maximum Gasteiger partial charge on any atom is 0.238 e. The summed E-state index contributed by atoms with van der Waals surface area (Å²) in [5, 5.41) is 9.08. The Morgan fingerprint density at radius 2 is 1.68 bits per heavy atom. The molecule has 0 saturated carbocycles. The van der Waals surface area contributed by atoms with Crippen LogP contribution in [0.1, 0.15) is 26.3 Å². The molecule has 1 aromatic heterocycles. The first kappa shape index (κ1) is 16.4. The molecule has 0 aliphatic heterocycles. The molecule has 0 aliphatic carbocycles. The van der Waals surface area contributed by atoms with Gasteiger partial charge in [0.1, 0.15) is 5.69 Å². The van der Waals surface area contributed by atoms with E-state index in [9.17, 15) is 8.42 Å². The quantitative estimate of drug-likeness (QED) is 0.900. The normalized spacial score (nSPS) is 12.2. The molecule has 2 aromatic rings. The van der Waals surface area contributed by atoms with E-state index in [1.165, 1.54) is 12.4 Å². The van der Waals surface area contributed by atoms with Crippen LogP contribution in [0.4, 0.5) is 5.82 Å². The van der Waals surface area contributed by atoms with Crippen LogP contribution in [-0.2, 0) is 16.6 Å². The van der Waals surface area contributed by atoms with Crippen LogP contribution < -0.4 is 4.72 Å². The van der Waals surface area contributed by atoms with Crippen LogP contribution in [-0.4, -0.2) is 28.2 Å². The smallest absolute Gasteiger partial charge is 0.238 e. The van der Waals surface area contributed by atoms with Crippen molar-refractivity contribution in [2.45, 2.75) is 32.1 Å². The number of hydrogen-bond donors (Lipinski definition) is 2. The van der Waals surface area contributed by atoms with E-state index in [-0.39, 0.29) is 12.4 Å². The lowest BCUT2D eigenvalue weighted by atomic mass is 10.1. The highest BCUT2D eigenvalue weighted by Gasteiger charge is 2.30. The van der Waals surface area contributed by atoms with Gasteiger partial charge in [0, 0.05) is 18.0 Å². The van der Waals surface area contributed by atoms with Gasteiger partial charge < -0.3 is 5.11 Å². The van der Waals surface area contributed by atoms with Crippen molar-refractivity contribution >= 4 is 15.8 Å². The molecule has 118 valence electrons. The Kier molecular flexibility index (Phi) is 4.48. The van der Waals surface area contributed by atoms with Crippen LogP contribution in [0.25, 0.3) is 11.3 Å². The van der Waals surface area contributed by atoms with Gasteiger partial charge in [-0.3, -0.25) is 9.71 Å². The van der Waals surface area contributed by atoms with Crippen molar-refractivity contribution in [2.75, 3.05) is 4.72 Å². The Morgan fingerprint density at radius 1 is 1.09 bits per heavy atom. The van der Waals surface area contributed by atoms with Crippen LogP contribution in [0, 0.1) is 0 Å². The Hall–Kier alpha value is -1.99. The molecule has 0 amide bonds. The average Bonchev–Trinajstić information content (AvgIpc) is 2.46. The molecule has 0 atom stereocenters. The van der Waals surface area contributed by atoms with Gasteiger partial charge in [0.05, 0.1) is 11.4 Å². The molecular weight excluding hydrogens is 302 g/mol. The van der Waals surface area contributed by atoms with Crippen LogP contribution in [0.15, 0.2) is 36.7 Å². The first-order valence-corrected chi connectivity index (χ1v) is 8.26. The van der Waals surface area contributed by atoms with Crippen molar-refractivity contribution in [3.63, 3.8) is 0 Å². The molecule has 0 unspecified atom stereocenters. The lowest BCUT2D eigenvalue weighted by Crippen LogP contribution is -2.34. The minimum Gasteiger partial charge on any atom is -0.392 e. The molecule has 2 N–H and O–H groups in total. The number of rotatable bonds is 4. The van der Waals surface area contributed by atoms with Crippen LogP contribution in [0.5, 0.6) is 0 Å². The van der Waals surface area contributed by atoms with Gasteiger partial charge in [-0.25, -0.2) is 13.4 Å². The number of aromatic nitrogens is 2. The third kappa shape index (κ3) is 3.42. The molecule has 0 radical (unpaired) electrons. The van der Waals surface area contributed by atoms with Crippen molar-refractivity contribution < 1.29 is 13.5 Å². The third-order valence-corrected chi connectivity index (χ3v) is 5.22. The molecule has 22 heavy (non-hydrogen) atoms. The second kappa shape index (κ2) is 6.02. The molecule has 1 aromatic carbocycles. The van der Waals surface area contributed by atoms with Gasteiger partial charge in [0.15, 0.2) is 5.82 Å². The summed E-state index contributed by atoms with van der Waals surface area (Å²) >= 11 is 0. The summed E-state index contributed by atoms with van der Waals surface area (Å²) in [6.45, 7) is 4.79. The number of nitrogens with zero attached hydrogens (tertiary/aromatic N) is 2. The van der Waals surface area contributed by atoms with E-state index in [0.717, 1.165) is 11.1 Å². The van der Waals surface area contributed by atoms with Crippen LogP contribution in [0.3, 0.4) is 0 Å². The number of aliphatic hydroxyl groups is 1. The first-order valence-electron chi connectivity index (χ1n) is 6.78. The highest BCUT2D eigenvalue weighted by molar-refractivity contribution is 7.94. The SMILES string of the molecule is CC(C)(C)S(=O)(=O)Nc1nccnc1-c1ccc(CO)cc1. The number of nitrogens with one attached hydrogen (secondary N) is 1. The second-order valence-electron chi connectivity index (χ2n) is 5.83. The van der Waals surface area contributed by atoms with Crippen LogP contribution >= 0.6 is 0 Å². The largest absolute Gasteiger partial charge is 0.392 e. The van der Waals surface area contributed by atoms with Gasteiger partial charge >= 0.3 is 0 Å². The molecule has 1 heterocycles. The zero-order valence-corrected chi connectivity index (χ0v) is 13.6. The Balaban J connectivity index is 2.43. The van der Waals surface area contributed by atoms with Gasteiger partial charge in [-0.1, -0.05) is 24.3 Å². The molecule has 7 heteroatoms. The molecule has 0 bridgehead atoms. The fourth-order valence-corrected chi connectivity index (χ4v) is 2.38. The Morgan fingerprint density at radius 3 is 2.23 bits per heavy atom. The summed E-state index contributed by atoms with van der Waals surface area (Å²) in [5.41, 5.74) is 1.93. The summed E-state index contributed by atoms with van der Waals surface area (Å²) in [6.07, 6.45) is 2.94. The summed E-state index contributed by atoms with van der Waals surface area (Å²) in [7, 11) is -3.59. The molecule has 0 saturated heterocycles. The van der Waals surface area contributed by atoms with Crippen molar-refractivity contribution in [1.29, 1.82) is 0 Å². The molecule has 6 nitrogen and oxygen atoms in total. The predicted molar refractivity (Wildman–Crippen MR) is 85.7 cm³/mol. The van der Waals surface area contributed by atoms with Crippen molar-refractivity contribution in [1.82, 2.24) is 9.97 Å². The van der Waals surface area contributed by atoms with Gasteiger partial charge in [-0.2, -0.15) is 0 Å². The summed E-state index contributed by atoms with van der Waals surface area (Å²) in [6, 6.07) is 7.05. The van der Waals surface area contributed by atoms with Gasteiger partial charge in [-0.15, -0.1) is 0 Å². The molecular formula is C15H19N3O3S. The third-order valence-electron chi connectivity index (χ3n) is 3.15. The van der Waals surface area contributed by atoms with Gasteiger partial charge in [0.2, 0.25) is 10.0 Å². The Bertz CT molecular complexity index is 750. The predicted octanol–water partition coefficient (Wildman–Crippen LogP) is 2.18. The van der Waals surface area contributed by atoms with Crippen LogP contribution in [0.2, 0.25) is 0 Å². The van der Waals surface area contributed by atoms with E-state index in [2.05, 4.69) is 14.7 Å². The highest BCUT2D eigenvalue weighted by Crippen LogP contribution is 2.27. The van der Waals surface area contributed by atoms with E-state index in [0.29, 0.717) is 5.69 Å². The molecule has 0 fully saturated rings. The fourth-order valence-electron chi connectivity index (χ4n) is 1.67. The summed E-state index contributed by atoms with van der Waals surface area (Å²) < 4.78 is 26.1. The zero-order valence-electron chi connectivity index (χ0n) is 12.7. The number of sulfonamides is 1. The topological polar surface area (TPSA) is 92.2 Å². The van der Waals surface area contributed by atoms with Crippen molar-refractivity contribution in [3.8, 4) is 11.3 Å². The average molecular weight is 321 g/mol. The maximum atomic E-state index is 12.3. The van der Waals surface area contributed by atoms with Gasteiger partial charge in [-0.05, 0) is 26.3 Å². The minimum atomic E-state index is -3.59. The van der Waals surface area contributed by atoms with Crippen molar-refractivity contribution in [3.05, 3.63) is 42.2 Å². The summed E-state index contributed by atoms with van der Waals surface area (Å²) in [4.78, 5) is 8.31. The lowest BCUT2D eigenvalue weighted by Gasteiger charge is -2.20. The first-order chi connectivity index (χ1) is 10.2. The molecule has 0 spiro atoms. The number of hydrogen-bond acceptors (Lipinski definition) is 5. The highest BCUT2D eigenvalue weighted by atomic mass is 32.2. The summed E-state index contributed by atoms with van der Waals surface area (Å²) in [5.74, 6) is 0.189. The lowest BCUT2D eigenvalue weighted by molar-refractivity contribution is 0.282. The van der Waals surface area contributed by atoms with E-state index >= 15 is 0 Å². The standard InChI is InChI=1S/C15H19N3O3S/c1-15(2,3)22(20,21)18-14-13(16-8-9-17-14)12-6-4-11(10-19)5-7-12/h4-9,19H,10H2,1-3H3,(H,17,18). The Labute approximate surface area is 130 Å². The van der Waals surface area contributed by atoms with E-state index < -0.39 is 14.8 Å². The number of aliphatic hydroxyl groups excluding tert-OH is 1. The monoisotopic (exact) mass is 321 g/mol. The van der Waals surface area contributed by atoms with E-state index in [1.54, 1.807) is 45.0 Å². The number of anilines is 1. The number of benzene rings is 1. The zero-order chi connectivity index (χ0) is 16.4. The second-order valence-corrected chi connectivity index (χ2v) is 8.26. The van der Waals surface area contributed by atoms with E-state index in [4.69, 9.17) is 5.11 Å². The maximum absolute atomic E-state index is 12.3. The van der Waals surface area contributed by atoms with Crippen molar-refractivity contribution in [2.24, 2.45) is 0 Å². The fraction of sp³-hybridized carbons (Fsp3) is 0.333. The molecule has 0 aliphatic rings. The molecule has 2 rings (SSSR count). The van der Waals surface area contributed by atoms with Gasteiger partial charge in [0.25, 0.3) is 0 Å².